The minimum absolute atomic E-state index is 0.560. The van der Waals surface area contributed by atoms with E-state index in [1.165, 1.54) is 77.8 Å². The third kappa shape index (κ3) is 4.20. The van der Waals surface area contributed by atoms with Gasteiger partial charge >= 0.3 is 0 Å². The first-order valence-electron chi connectivity index (χ1n) is 9.38. The quantitative estimate of drug-likeness (QED) is 0.812. The molecule has 3 nitrogen and oxygen atoms in total. The highest BCUT2D eigenvalue weighted by Crippen LogP contribution is 2.39. The fourth-order valence-electron chi connectivity index (χ4n) is 4.36. The van der Waals surface area contributed by atoms with Crippen molar-refractivity contribution in [3.8, 4) is 0 Å². The predicted octanol–water partition coefficient (Wildman–Crippen LogP) is 2.57. The van der Waals surface area contributed by atoms with Gasteiger partial charge in [-0.3, -0.25) is 4.90 Å². The first kappa shape index (κ1) is 15.8. The van der Waals surface area contributed by atoms with Gasteiger partial charge in [-0.25, -0.2) is 0 Å². The number of hydrogen-bond acceptors (Lipinski definition) is 3. The van der Waals surface area contributed by atoms with Crippen LogP contribution in [0.15, 0.2) is 0 Å². The molecule has 0 amide bonds. The molecule has 0 aromatic rings. The van der Waals surface area contributed by atoms with Gasteiger partial charge in [-0.1, -0.05) is 26.7 Å². The van der Waals surface area contributed by atoms with Crippen LogP contribution in [-0.2, 0) is 0 Å². The average molecular weight is 293 g/mol. The lowest BCUT2D eigenvalue weighted by atomic mass is 9.70. The SMILES string of the molecule is CCNCC1(CN2CCN(C3CC3)CC2)CCC(C)CC1. The highest BCUT2D eigenvalue weighted by atomic mass is 15.3. The fourth-order valence-corrected chi connectivity index (χ4v) is 4.36. The Hall–Kier alpha value is -0.120. The molecule has 3 fully saturated rings. The van der Waals surface area contributed by atoms with Gasteiger partial charge in [-0.05, 0) is 43.6 Å². The van der Waals surface area contributed by atoms with E-state index < -0.39 is 0 Å². The van der Waals surface area contributed by atoms with Crippen molar-refractivity contribution in [2.24, 2.45) is 11.3 Å². The summed E-state index contributed by atoms with van der Waals surface area (Å²) in [4.78, 5) is 5.50. The van der Waals surface area contributed by atoms with E-state index in [1.54, 1.807) is 0 Å². The summed E-state index contributed by atoms with van der Waals surface area (Å²) in [6.45, 7) is 13.6. The van der Waals surface area contributed by atoms with Gasteiger partial charge in [0.2, 0.25) is 0 Å². The first-order chi connectivity index (χ1) is 10.2. The third-order valence-corrected chi connectivity index (χ3v) is 6.11. The molecule has 3 rings (SSSR count). The molecule has 122 valence electrons. The van der Waals surface area contributed by atoms with E-state index >= 15 is 0 Å². The lowest BCUT2D eigenvalue weighted by molar-refractivity contribution is 0.0515. The summed E-state index contributed by atoms with van der Waals surface area (Å²) in [7, 11) is 0. The van der Waals surface area contributed by atoms with Crippen molar-refractivity contribution in [3.05, 3.63) is 0 Å². The van der Waals surface area contributed by atoms with E-state index in [9.17, 15) is 0 Å². The van der Waals surface area contributed by atoms with Gasteiger partial charge < -0.3 is 10.2 Å². The molecule has 0 atom stereocenters. The topological polar surface area (TPSA) is 18.5 Å². The minimum Gasteiger partial charge on any atom is -0.316 e. The summed E-state index contributed by atoms with van der Waals surface area (Å²) in [6.07, 6.45) is 8.67. The highest BCUT2D eigenvalue weighted by Gasteiger charge is 2.37. The van der Waals surface area contributed by atoms with E-state index in [0.29, 0.717) is 5.41 Å². The second-order valence-electron chi connectivity index (χ2n) is 8.01. The number of nitrogens with one attached hydrogen (secondary N) is 1. The molecule has 21 heavy (non-hydrogen) atoms. The minimum atomic E-state index is 0.560. The Morgan fingerprint density at radius 3 is 2.24 bits per heavy atom. The van der Waals surface area contributed by atoms with Crippen LogP contribution in [0, 0.1) is 11.3 Å². The summed E-state index contributed by atoms with van der Waals surface area (Å²) in [5.74, 6) is 0.950. The van der Waals surface area contributed by atoms with E-state index in [2.05, 4.69) is 29.0 Å². The van der Waals surface area contributed by atoms with Gasteiger partial charge in [0.25, 0.3) is 0 Å². The lowest BCUT2D eigenvalue weighted by Gasteiger charge is -2.45. The zero-order valence-corrected chi connectivity index (χ0v) is 14.2. The Morgan fingerprint density at radius 2 is 1.67 bits per heavy atom. The van der Waals surface area contributed by atoms with Crippen LogP contribution in [0.5, 0.6) is 0 Å². The zero-order chi connectivity index (χ0) is 14.7. The summed E-state index contributed by atoms with van der Waals surface area (Å²) in [5.41, 5.74) is 0.560. The molecule has 3 heteroatoms. The summed E-state index contributed by atoms with van der Waals surface area (Å²) < 4.78 is 0. The van der Waals surface area contributed by atoms with Crippen molar-refractivity contribution in [2.45, 2.75) is 58.4 Å². The van der Waals surface area contributed by atoms with Crippen LogP contribution < -0.4 is 5.32 Å². The van der Waals surface area contributed by atoms with Crippen molar-refractivity contribution in [3.63, 3.8) is 0 Å². The highest BCUT2D eigenvalue weighted by molar-refractivity contribution is 4.92. The smallest absolute Gasteiger partial charge is 0.0113 e. The average Bonchev–Trinajstić information content (AvgIpc) is 3.34. The molecule has 0 unspecified atom stereocenters. The molecule has 0 aromatic heterocycles. The summed E-state index contributed by atoms with van der Waals surface area (Å²) in [6, 6.07) is 0.957. The van der Waals surface area contributed by atoms with E-state index in [1.807, 2.05) is 0 Å². The van der Waals surface area contributed by atoms with Crippen LogP contribution >= 0.6 is 0 Å². The van der Waals surface area contributed by atoms with Gasteiger partial charge in [0.15, 0.2) is 0 Å². The van der Waals surface area contributed by atoms with E-state index in [-0.39, 0.29) is 0 Å². The largest absolute Gasteiger partial charge is 0.316 e. The van der Waals surface area contributed by atoms with Crippen LogP contribution in [0.3, 0.4) is 0 Å². The van der Waals surface area contributed by atoms with Crippen LogP contribution in [0.4, 0.5) is 0 Å². The number of hydrogen-bond donors (Lipinski definition) is 1. The van der Waals surface area contributed by atoms with Crippen molar-refractivity contribution < 1.29 is 0 Å². The Kier molecular flexibility index (Phi) is 5.23. The molecule has 1 heterocycles. The second-order valence-corrected chi connectivity index (χ2v) is 8.01. The Morgan fingerprint density at radius 1 is 1.00 bits per heavy atom. The lowest BCUT2D eigenvalue weighted by Crippen LogP contribution is -2.53. The predicted molar refractivity (Wildman–Crippen MR) is 89.6 cm³/mol. The van der Waals surface area contributed by atoms with Crippen LogP contribution in [-0.4, -0.2) is 61.7 Å². The van der Waals surface area contributed by atoms with Crippen molar-refractivity contribution in [2.75, 3.05) is 45.8 Å². The van der Waals surface area contributed by atoms with Gasteiger partial charge in [-0.2, -0.15) is 0 Å². The molecule has 3 aliphatic rings. The Labute approximate surface area is 131 Å². The maximum absolute atomic E-state index is 3.66. The zero-order valence-electron chi connectivity index (χ0n) is 14.2. The van der Waals surface area contributed by atoms with Crippen LogP contribution in [0.25, 0.3) is 0 Å². The van der Waals surface area contributed by atoms with Crippen LogP contribution in [0.2, 0.25) is 0 Å². The molecular formula is C18H35N3. The maximum Gasteiger partial charge on any atom is 0.0113 e. The van der Waals surface area contributed by atoms with E-state index in [4.69, 9.17) is 0 Å². The molecule has 1 N–H and O–H groups in total. The Balaban J connectivity index is 1.51. The standard InChI is InChI=1S/C18H35N3/c1-3-19-14-18(8-6-16(2)7-9-18)15-20-10-12-21(13-11-20)17-4-5-17/h16-17,19H,3-15H2,1-2H3. The second kappa shape index (κ2) is 6.97. The number of nitrogens with zero attached hydrogens (tertiary/aromatic N) is 2. The maximum atomic E-state index is 3.66. The molecule has 1 saturated heterocycles. The van der Waals surface area contributed by atoms with Gasteiger partial charge in [0, 0.05) is 45.3 Å². The molecular weight excluding hydrogens is 258 g/mol. The van der Waals surface area contributed by atoms with Crippen molar-refractivity contribution >= 4 is 0 Å². The molecule has 0 bridgehead atoms. The molecule has 2 saturated carbocycles. The summed E-state index contributed by atoms with van der Waals surface area (Å²) >= 11 is 0. The monoisotopic (exact) mass is 293 g/mol. The summed E-state index contributed by atoms with van der Waals surface area (Å²) in [5, 5.41) is 3.66. The van der Waals surface area contributed by atoms with E-state index in [0.717, 1.165) is 18.5 Å². The van der Waals surface area contributed by atoms with Crippen molar-refractivity contribution in [1.29, 1.82) is 0 Å². The van der Waals surface area contributed by atoms with Crippen molar-refractivity contribution in [1.82, 2.24) is 15.1 Å². The Bertz CT molecular complexity index is 305. The molecule has 2 aliphatic carbocycles. The molecule has 0 spiro atoms. The molecule has 1 aliphatic heterocycles. The van der Waals surface area contributed by atoms with Gasteiger partial charge in [0.05, 0.1) is 0 Å². The first-order valence-corrected chi connectivity index (χ1v) is 9.38. The number of piperazine rings is 1. The normalized spacial score (nSPS) is 36.0. The molecule has 0 radical (unpaired) electrons. The molecule has 0 aromatic carbocycles. The van der Waals surface area contributed by atoms with Crippen LogP contribution in [0.1, 0.15) is 52.4 Å². The third-order valence-electron chi connectivity index (χ3n) is 6.11. The van der Waals surface area contributed by atoms with Gasteiger partial charge in [0.1, 0.15) is 0 Å². The number of rotatable bonds is 6. The fraction of sp³-hybridized carbons (Fsp3) is 1.00. The van der Waals surface area contributed by atoms with Gasteiger partial charge in [-0.15, -0.1) is 0 Å².